The molecule has 1 aliphatic heterocycles. The monoisotopic (exact) mass is 415 g/mol. The fourth-order valence-electron chi connectivity index (χ4n) is 4.16. The Bertz CT molecular complexity index is 849. The molecule has 1 heterocycles. The van der Waals surface area contributed by atoms with Crippen molar-refractivity contribution < 1.29 is 23.9 Å². The Morgan fingerprint density at radius 2 is 1.97 bits per heavy atom. The van der Waals surface area contributed by atoms with Gasteiger partial charge in [0.05, 0.1) is 6.04 Å². The second-order valence-corrected chi connectivity index (χ2v) is 7.89. The van der Waals surface area contributed by atoms with E-state index in [1.165, 1.54) is 12.5 Å². The summed E-state index contributed by atoms with van der Waals surface area (Å²) in [5.41, 5.74) is 1.33. The lowest BCUT2D eigenvalue weighted by Gasteiger charge is -2.27. The number of fused-ring (bicyclic) bond motifs is 1. The molecule has 8 nitrogen and oxygen atoms in total. The molecule has 1 aliphatic carbocycles. The van der Waals surface area contributed by atoms with E-state index in [0.29, 0.717) is 12.8 Å². The van der Waals surface area contributed by atoms with Crippen molar-refractivity contribution in [2.75, 3.05) is 6.54 Å². The summed E-state index contributed by atoms with van der Waals surface area (Å²) in [7, 11) is 0. The average Bonchev–Trinajstić information content (AvgIpc) is 2.98. The van der Waals surface area contributed by atoms with E-state index in [9.17, 15) is 19.2 Å². The van der Waals surface area contributed by atoms with E-state index in [1.54, 1.807) is 13.8 Å². The fourth-order valence-corrected chi connectivity index (χ4v) is 4.16. The molecule has 0 aromatic heterocycles. The number of aryl methyl sites for hydroxylation is 1. The molecule has 0 radical (unpaired) electrons. The van der Waals surface area contributed by atoms with Crippen LogP contribution in [0.25, 0.3) is 0 Å². The number of hydrogen-bond donors (Lipinski definition) is 2. The molecule has 0 bridgehead atoms. The van der Waals surface area contributed by atoms with Crippen molar-refractivity contribution in [2.24, 2.45) is 0 Å². The van der Waals surface area contributed by atoms with Crippen LogP contribution in [0.5, 0.6) is 0 Å². The van der Waals surface area contributed by atoms with Crippen LogP contribution in [0.1, 0.15) is 63.6 Å². The molecule has 1 aromatic carbocycles. The molecular weight excluding hydrogens is 386 g/mol. The summed E-state index contributed by atoms with van der Waals surface area (Å²) in [6, 6.07) is 7.25. The maximum Gasteiger partial charge on any atom is 0.327 e. The Kier molecular flexibility index (Phi) is 6.43. The number of imide groups is 1. The van der Waals surface area contributed by atoms with Crippen LogP contribution in [0.4, 0.5) is 4.79 Å². The lowest BCUT2D eigenvalue weighted by molar-refractivity contribution is -0.157. The zero-order valence-electron chi connectivity index (χ0n) is 17.7. The van der Waals surface area contributed by atoms with Crippen molar-refractivity contribution in [3.63, 3.8) is 0 Å². The summed E-state index contributed by atoms with van der Waals surface area (Å²) in [5.74, 6) is -1.64. The van der Waals surface area contributed by atoms with Gasteiger partial charge in [0.1, 0.15) is 12.1 Å². The molecular formula is C22H29N3O5. The van der Waals surface area contributed by atoms with Gasteiger partial charge in [-0.15, -0.1) is 0 Å². The molecule has 30 heavy (non-hydrogen) atoms. The van der Waals surface area contributed by atoms with Crippen molar-refractivity contribution >= 4 is 23.8 Å². The number of esters is 1. The molecule has 0 saturated carbocycles. The quantitative estimate of drug-likeness (QED) is 0.525. The molecule has 3 rings (SSSR count). The number of carbonyl (C=O) groups is 4. The molecule has 4 amide bonds. The maximum absolute atomic E-state index is 12.6. The lowest BCUT2D eigenvalue weighted by atomic mass is 9.87. The zero-order valence-corrected chi connectivity index (χ0v) is 17.7. The van der Waals surface area contributed by atoms with Gasteiger partial charge >= 0.3 is 12.0 Å². The molecule has 1 fully saturated rings. The van der Waals surface area contributed by atoms with Crippen LogP contribution in [0.2, 0.25) is 0 Å². The molecule has 2 N–H and O–H groups in total. The van der Waals surface area contributed by atoms with E-state index < -0.39 is 42.0 Å². The number of nitrogens with one attached hydrogen (secondary N) is 2. The first-order valence-electron chi connectivity index (χ1n) is 10.5. The third-order valence-corrected chi connectivity index (χ3v) is 6.10. The number of ether oxygens (including phenoxy) is 1. The van der Waals surface area contributed by atoms with Gasteiger partial charge in [-0.1, -0.05) is 38.1 Å². The van der Waals surface area contributed by atoms with Crippen LogP contribution in [0, 0.1) is 0 Å². The van der Waals surface area contributed by atoms with E-state index in [1.807, 2.05) is 18.2 Å². The summed E-state index contributed by atoms with van der Waals surface area (Å²) in [6.45, 7) is 4.57. The number of nitrogens with zero attached hydrogens (tertiary/aromatic N) is 1. The van der Waals surface area contributed by atoms with Gasteiger partial charge in [0.2, 0.25) is 0 Å². The Morgan fingerprint density at radius 1 is 1.27 bits per heavy atom. The van der Waals surface area contributed by atoms with E-state index in [0.717, 1.165) is 29.7 Å². The van der Waals surface area contributed by atoms with Gasteiger partial charge in [-0.3, -0.25) is 19.3 Å². The third-order valence-electron chi connectivity index (χ3n) is 6.10. The van der Waals surface area contributed by atoms with Gasteiger partial charge in [-0.05, 0) is 50.2 Å². The second kappa shape index (κ2) is 8.85. The number of carbonyl (C=O) groups excluding carboxylic acids is 4. The van der Waals surface area contributed by atoms with Crippen LogP contribution >= 0.6 is 0 Å². The molecule has 1 saturated heterocycles. The van der Waals surface area contributed by atoms with E-state index in [2.05, 4.69) is 16.7 Å². The van der Waals surface area contributed by atoms with E-state index in [-0.39, 0.29) is 6.04 Å². The topological polar surface area (TPSA) is 105 Å². The van der Waals surface area contributed by atoms with Crippen LogP contribution < -0.4 is 10.6 Å². The van der Waals surface area contributed by atoms with Crippen molar-refractivity contribution in [2.45, 2.75) is 70.6 Å². The Balaban J connectivity index is 1.57. The minimum Gasteiger partial charge on any atom is -0.451 e. The zero-order chi connectivity index (χ0) is 21.9. The number of amides is 4. The lowest BCUT2D eigenvalue weighted by Crippen LogP contribution is -2.46. The summed E-state index contributed by atoms with van der Waals surface area (Å²) < 4.78 is 5.21. The van der Waals surface area contributed by atoms with Crippen molar-refractivity contribution in [1.82, 2.24) is 15.5 Å². The highest BCUT2D eigenvalue weighted by atomic mass is 16.5. The van der Waals surface area contributed by atoms with Gasteiger partial charge in [0.25, 0.3) is 11.8 Å². The molecule has 0 spiro atoms. The highest BCUT2D eigenvalue weighted by molar-refractivity contribution is 6.08. The first-order chi connectivity index (χ1) is 14.3. The molecule has 2 atom stereocenters. The van der Waals surface area contributed by atoms with E-state index in [4.69, 9.17) is 4.74 Å². The number of urea groups is 1. The first-order valence-corrected chi connectivity index (χ1v) is 10.5. The first kappa shape index (κ1) is 21.8. The third kappa shape index (κ3) is 4.17. The molecule has 2 aliphatic rings. The van der Waals surface area contributed by atoms with Gasteiger partial charge in [-0.2, -0.15) is 0 Å². The Hall–Kier alpha value is -2.90. The predicted molar refractivity (Wildman–Crippen MR) is 109 cm³/mol. The van der Waals surface area contributed by atoms with Gasteiger partial charge in [-0.25, -0.2) is 4.79 Å². The number of rotatable bonds is 7. The van der Waals surface area contributed by atoms with Gasteiger partial charge in [0, 0.05) is 0 Å². The van der Waals surface area contributed by atoms with Crippen molar-refractivity contribution in [1.29, 1.82) is 0 Å². The predicted octanol–water partition coefficient (Wildman–Crippen LogP) is 2.22. The summed E-state index contributed by atoms with van der Waals surface area (Å²) in [5, 5.41) is 5.61. The normalized spacial score (nSPS) is 20.9. The SMILES string of the molecule is CCC1(CC)NC(=O)N(CC(=O)O[C@@H](C)C(=O)N[C@H]2CCCc3ccccc32)C1=O. The largest absolute Gasteiger partial charge is 0.451 e. The maximum atomic E-state index is 12.6. The highest BCUT2D eigenvalue weighted by Gasteiger charge is 2.49. The number of benzene rings is 1. The van der Waals surface area contributed by atoms with E-state index >= 15 is 0 Å². The van der Waals surface area contributed by atoms with Crippen LogP contribution in [-0.4, -0.2) is 46.9 Å². The molecule has 1 aromatic rings. The Morgan fingerprint density at radius 3 is 2.63 bits per heavy atom. The summed E-state index contributed by atoms with van der Waals surface area (Å²) >= 11 is 0. The Labute approximate surface area is 176 Å². The van der Waals surface area contributed by atoms with Gasteiger partial charge < -0.3 is 15.4 Å². The van der Waals surface area contributed by atoms with Crippen LogP contribution in [0.15, 0.2) is 24.3 Å². The smallest absolute Gasteiger partial charge is 0.327 e. The second-order valence-electron chi connectivity index (χ2n) is 7.89. The minimum absolute atomic E-state index is 0.121. The molecule has 0 unspecified atom stereocenters. The fraction of sp³-hybridized carbons (Fsp3) is 0.545. The minimum atomic E-state index is -1.03. The van der Waals surface area contributed by atoms with Crippen molar-refractivity contribution in [3.05, 3.63) is 35.4 Å². The van der Waals surface area contributed by atoms with Crippen LogP contribution in [0.3, 0.4) is 0 Å². The average molecular weight is 415 g/mol. The van der Waals surface area contributed by atoms with Gasteiger partial charge in [0.15, 0.2) is 6.10 Å². The number of hydrogen-bond acceptors (Lipinski definition) is 5. The molecule has 162 valence electrons. The van der Waals surface area contributed by atoms with Crippen molar-refractivity contribution in [3.8, 4) is 0 Å². The standard InChI is InChI=1S/C22H29N3O5/c1-4-22(5-2)20(28)25(21(29)24-22)13-18(26)30-14(3)19(27)23-17-12-8-10-15-9-6-7-11-16(15)17/h6-7,9,11,14,17H,4-5,8,10,12-13H2,1-3H3,(H,23,27)(H,24,29)/t14-,17-/m0/s1. The summed E-state index contributed by atoms with van der Waals surface area (Å²) in [6.07, 6.45) is 2.61. The molecule has 8 heteroatoms. The highest BCUT2D eigenvalue weighted by Crippen LogP contribution is 2.29. The van der Waals surface area contributed by atoms with Crippen LogP contribution in [-0.2, 0) is 25.5 Å². The summed E-state index contributed by atoms with van der Waals surface area (Å²) in [4.78, 5) is 50.5.